The molecule has 2 nitrogen and oxygen atoms in total. The van der Waals surface area contributed by atoms with Crippen LogP contribution in [0.4, 0.5) is 0 Å². The minimum absolute atomic E-state index is 0.0956. The van der Waals surface area contributed by atoms with Gasteiger partial charge in [-0.15, -0.1) is 0 Å². The van der Waals surface area contributed by atoms with E-state index in [4.69, 9.17) is 5.26 Å². The van der Waals surface area contributed by atoms with Crippen LogP contribution in [0.2, 0.25) is 0 Å². The molecular formula is C10H16O2. The molecule has 0 aromatic rings. The van der Waals surface area contributed by atoms with Gasteiger partial charge in [0.2, 0.25) is 0 Å². The summed E-state index contributed by atoms with van der Waals surface area (Å²) in [6.07, 6.45) is 2.09. The van der Waals surface area contributed by atoms with Crippen LogP contribution in [0.1, 0.15) is 26.7 Å². The molecule has 3 aliphatic rings. The van der Waals surface area contributed by atoms with Gasteiger partial charge in [0.1, 0.15) is 6.10 Å². The highest BCUT2D eigenvalue weighted by Gasteiger charge is 2.55. The van der Waals surface area contributed by atoms with Gasteiger partial charge in [0.05, 0.1) is 0 Å². The summed E-state index contributed by atoms with van der Waals surface area (Å²) in [4.78, 5) is 4.40. The third-order valence-corrected chi connectivity index (χ3v) is 3.96. The van der Waals surface area contributed by atoms with Crippen molar-refractivity contribution in [3.05, 3.63) is 12.2 Å². The third kappa shape index (κ3) is 0.824. The highest BCUT2D eigenvalue weighted by atomic mass is 17.1. The quantitative estimate of drug-likeness (QED) is 0.370. The molecule has 3 rings (SSSR count). The Morgan fingerprint density at radius 2 is 2.17 bits per heavy atom. The van der Waals surface area contributed by atoms with Crippen molar-refractivity contribution in [3.8, 4) is 0 Å². The molecule has 0 radical (unpaired) electrons. The van der Waals surface area contributed by atoms with Gasteiger partial charge in [-0.3, -0.25) is 5.26 Å². The van der Waals surface area contributed by atoms with Crippen LogP contribution < -0.4 is 0 Å². The summed E-state index contributed by atoms with van der Waals surface area (Å²) in [5, 5.41) is 8.61. The molecule has 1 N–H and O–H groups in total. The smallest absolute Gasteiger partial charge is 0.114 e. The van der Waals surface area contributed by atoms with E-state index in [9.17, 15) is 0 Å². The van der Waals surface area contributed by atoms with Gasteiger partial charge in [-0.05, 0) is 35.7 Å². The van der Waals surface area contributed by atoms with Crippen molar-refractivity contribution in [3.63, 3.8) is 0 Å². The Morgan fingerprint density at radius 3 is 2.58 bits per heavy atom. The Kier molecular flexibility index (Phi) is 1.61. The minimum atomic E-state index is -0.0956. The molecule has 0 aliphatic heterocycles. The fraction of sp³-hybridized carbons (Fsp3) is 0.800. The molecule has 3 aliphatic carbocycles. The molecule has 0 unspecified atom stereocenters. The summed E-state index contributed by atoms with van der Waals surface area (Å²) < 4.78 is 0. The van der Waals surface area contributed by atoms with Crippen LogP contribution >= 0.6 is 0 Å². The maximum absolute atomic E-state index is 8.61. The van der Waals surface area contributed by atoms with Gasteiger partial charge in [-0.2, -0.15) is 0 Å². The lowest BCUT2D eigenvalue weighted by Crippen LogP contribution is -2.53. The summed E-state index contributed by atoms with van der Waals surface area (Å²) in [5.41, 5.74) is 1.48. The minimum Gasteiger partial charge on any atom is -0.251 e. The zero-order chi connectivity index (χ0) is 8.93. The van der Waals surface area contributed by atoms with E-state index in [0.29, 0.717) is 17.3 Å². The Morgan fingerprint density at radius 1 is 1.50 bits per heavy atom. The van der Waals surface area contributed by atoms with Crippen LogP contribution in [-0.4, -0.2) is 11.4 Å². The van der Waals surface area contributed by atoms with Crippen LogP contribution in [0, 0.1) is 17.3 Å². The standard InChI is InChI=1S/C10H16O2/c1-6-8-4-7(10(8,2)3)5-9(6)12-11/h7-9,11H,1,4-5H2,2-3H3/t7-,8+,9-/m1/s1. The number of fused-ring (bicyclic) bond motifs is 2. The monoisotopic (exact) mass is 168 g/mol. The largest absolute Gasteiger partial charge is 0.251 e. The predicted octanol–water partition coefficient (Wildman–Crippen LogP) is 2.47. The molecule has 3 fully saturated rings. The molecule has 0 spiro atoms. The molecule has 12 heavy (non-hydrogen) atoms. The molecule has 3 saturated carbocycles. The van der Waals surface area contributed by atoms with Gasteiger partial charge in [-0.1, -0.05) is 20.4 Å². The number of hydrogen-bond donors (Lipinski definition) is 1. The van der Waals surface area contributed by atoms with E-state index in [1.165, 1.54) is 6.42 Å². The van der Waals surface area contributed by atoms with E-state index in [1.807, 2.05) is 0 Å². The fourth-order valence-electron chi connectivity index (χ4n) is 2.79. The van der Waals surface area contributed by atoms with Crippen LogP contribution in [0.5, 0.6) is 0 Å². The zero-order valence-electron chi connectivity index (χ0n) is 7.71. The van der Waals surface area contributed by atoms with Crippen molar-refractivity contribution < 1.29 is 10.1 Å². The van der Waals surface area contributed by atoms with Gasteiger partial charge in [-0.25, -0.2) is 4.89 Å². The number of hydrogen-bond acceptors (Lipinski definition) is 2. The topological polar surface area (TPSA) is 29.5 Å². The summed E-state index contributed by atoms with van der Waals surface area (Å²) in [7, 11) is 0. The Balaban J connectivity index is 2.17. The summed E-state index contributed by atoms with van der Waals surface area (Å²) in [6.45, 7) is 8.56. The lowest BCUT2D eigenvalue weighted by atomic mass is 9.47. The number of rotatable bonds is 1. The summed E-state index contributed by atoms with van der Waals surface area (Å²) in [6, 6.07) is 0. The lowest BCUT2D eigenvalue weighted by molar-refractivity contribution is -0.289. The van der Waals surface area contributed by atoms with Gasteiger partial charge in [0.25, 0.3) is 0 Å². The normalized spacial score (nSPS) is 43.9. The molecule has 2 bridgehead atoms. The molecular weight excluding hydrogens is 152 g/mol. The maximum atomic E-state index is 8.61. The van der Waals surface area contributed by atoms with Gasteiger partial charge < -0.3 is 0 Å². The third-order valence-electron chi connectivity index (χ3n) is 3.96. The lowest BCUT2D eigenvalue weighted by Gasteiger charge is -2.59. The first-order chi connectivity index (χ1) is 5.57. The Labute approximate surface area is 73.2 Å². The SMILES string of the molecule is C=C1[C@H](OO)C[C@H]2C[C@@H]1C2(C)C. The highest BCUT2D eigenvalue weighted by molar-refractivity contribution is 5.23. The van der Waals surface area contributed by atoms with Crippen molar-refractivity contribution in [1.29, 1.82) is 0 Å². The van der Waals surface area contributed by atoms with Gasteiger partial charge >= 0.3 is 0 Å². The second kappa shape index (κ2) is 2.33. The molecule has 2 heteroatoms. The van der Waals surface area contributed by atoms with E-state index in [0.717, 1.165) is 12.0 Å². The average molecular weight is 168 g/mol. The molecule has 0 heterocycles. The van der Waals surface area contributed by atoms with Crippen molar-refractivity contribution >= 4 is 0 Å². The van der Waals surface area contributed by atoms with Crippen LogP contribution in [-0.2, 0) is 4.89 Å². The first kappa shape index (κ1) is 8.27. The maximum Gasteiger partial charge on any atom is 0.114 e. The molecule has 68 valence electrons. The van der Waals surface area contributed by atoms with Crippen molar-refractivity contribution in [2.75, 3.05) is 0 Å². The first-order valence-corrected chi connectivity index (χ1v) is 4.56. The van der Waals surface area contributed by atoms with Gasteiger partial charge in [0.15, 0.2) is 0 Å². The van der Waals surface area contributed by atoms with E-state index in [1.54, 1.807) is 0 Å². The van der Waals surface area contributed by atoms with E-state index >= 15 is 0 Å². The first-order valence-electron chi connectivity index (χ1n) is 4.56. The molecule has 0 amide bonds. The average Bonchev–Trinajstić information content (AvgIpc) is 2.03. The molecule has 0 aromatic heterocycles. The second-order valence-electron chi connectivity index (χ2n) is 4.71. The van der Waals surface area contributed by atoms with Crippen molar-refractivity contribution in [2.45, 2.75) is 32.8 Å². The van der Waals surface area contributed by atoms with E-state index in [2.05, 4.69) is 25.3 Å². The Bertz CT molecular complexity index is 220. The van der Waals surface area contributed by atoms with E-state index in [-0.39, 0.29) is 6.10 Å². The highest BCUT2D eigenvalue weighted by Crippen LogP contribution is 2.61. The van der Waals surface area contributed by atoms with Crippen molar-refractivity contribution in [1.82, 2.24) is 0 Å². The van der Waals surface area contributed by atoms with Gasteiger partial charge in [0, 0.05) is 0 Å². The van der Waals surface area contributed by atoms with Crippen LogP contribution in [0.25, 0.3) is 0 Å². The second-order valence-corrected chi connectivity index (χ2v) is 4.71. The van der Waals surface area contributed by atoms with Crippen molar-refractivity contribution in [2.24, 2.45) is 17.3 Å². The Hall–Kier alpha value is -0.340. The van der Waals surface area contributed by atoms with Crippen LogP contribution in [0.15, 0.2) is 12.2 Å². The van der Waals surface area contributed by atoms with Crippen LogP contribution in [0.3, 0.4) is 0 Å². The molecule has 0 saturated heterocycles. The molecule has 3 atom stereocenters. The summed E-state index contributed by atoms with van der Waals surface area (Å²) >= 11 is 0. The van der Waals surface area contributed by atoms with E-state index < -0.39 is 0 Å². The fourth-order valence-corrected chi connectivity index (χ4v) is 2.79. The molecule has 0 aromatic carbocycles. The zero-order valence-corrected chi connectivity index (χ0v) is 7.71. The predicted molar refractivity (Wildman–Crippen MR) is 46.6 cm³/mol. The summed E-state index contributed by atoms with van der Waals surface area (Å²) in [5.74, 6) is 1.28.